The van der Waals surface area contributed by atoms with Gasteiger partial charge in [-0.3, -0.25) is 24.6 Å². The topological polar surface area (TPSA) is 154 Å². The normalized spacial score (nSPS) is 19.8. The molecule has 0 radical (unpaired) electrons. The highest BCUT2D eigenvalue weighted by molar-refractivity contribution is 8.00. The molecule has 0 aliphatic carbocycles. The van der Waals surface area contributed by atoms with Gasteiger partial charge in [-0.15, -0.1) is 11.8 Å². The van der Waals surface area contributed by atoms with E-state index < -0.39 is 40.2 Å². The number of nitro benzene ring substituents is 1. The number of non-ortho nitro benzene ring substituents is 1. The van der Waals surface area contributed by atoms with Gasteiger partial charge < -0.3 is 20.5 Å². The molecule has 2 amide bonds. The molecule has 0 aromatic heterocycles. The monoisotopic (exact) mass is 498 g/mol. The lowest BCUT2D eigenvalue weighted by Crippen LogP contribution is -2.71. The van der Waals surface area contributed by atoms with Crippen molar-refractivity contribution in [3.05, 3.63) is 87.3 Å². The highest BCUT2D eigenvalue weighted by atomic mass is 32.2. The zero-order chi connectivity index (χ0) is 25.1. The van der Waals surface area contributed by atoms with Gasteiger partial charge in [-0.25, -0.2) is 4.79 Å². The summed E-state index contributed by atoms with van der Waals surface area (Å²) in [5.74, 6) is -1.18. The van der Waals surface area contributed by atoms with Crippen molar-refractivity contribution in [2.24, 2.45) is 5.73 Å². The van der Waals surface area contributed by atoms with Crippen LogP contribution in [0.5, 0.6) is 0 Å². The summed E-state index contributed by atoms with van der Waals surface area (Å²) in [5.41, 5.74) is 7.08. The van der Waals surface area contributed by atoms with Crippen LogP contribution in [0, 0.1) is 10.1 Å². The number of carbonyl (C=O) groups excluding carboxylic acids is 3. The molecular formula is C23H22N4O7S. The maximum atomic E-state index is 12.9. The smallest absolute Gasteiger partial charge is 0.358 e. The number of methoxy groups -OCH3 is 1. The fraction of sp³-hybridized carbons (Fsp3) is 0.261. The molecule has 12 heteroatoms. The lowest BCUT2D eigenvalue weighted by Gasteiger charge is -2.49. The quantitative estimate of drug-likeness (QED) is 0.239. The molecule has 1 unspecified atom stereocenters. The number of thioether (sulfide) groups is 1. The summed E-state index contributed by atoms with van der Waals surface area (Å²) in [6, 6.07) is 12.6. The number of esters is 1. The highest BCUT2D eigenvalue weighted by Crippen LogP contribution is 2.41. The van der Waals surface area contributed by atoms with Crippen LogP contribution in [0.3, 0.4) is 0 Å². The standard InChI is InChI=1S/C23H22N4O7S/c1-33-16-12-35-22-18(25-20(28)17(24)14-5-3-2-4-6-14)21(29)26(22)19(16)23(30)34-11-13-7-9-15(10-8-13)27(31)32/h2-10,17-18,22H,11-12,24H2,1H3,(H,25,28)/t17-,18?,22-/m1/s1. The number of hydrogen-bond donors (Lipinski definition) is 2. The average Bonchev–Trinajstić information content (AvgIpc) is 2.89. The van der Waals surface area contributed by atoms with E-state index in [1.807, 2.05) is 6.07 Å². The van der Waals surface area contributed by atoms with Crippen molar-refractivity contribution in [2.75, 3.05) is 12.9 Å². The SMILES string of the molecule is COC1=C(C(=O)OCc2ccc([N+](=O)[O-])cc2)N2C(=O)C(NC(=O)[C@H](N)c3ccccc3)[C@H]2SC1. The second-order valence-corrected chi connectivity index (χ2v) is 8.87. The van der Waals surface area contributed by atoms with Gasteiger partial charge in [-0.2, -0.15) is 0 Å². The van der Waals surface area contributed by atoms with E-state index in [9.17, 15) is 24.5 Å². The third-order valence-electron chi connectivity index (χ3n) is 5.63. The molecular weight excluding hydrogens is 476 g/mol. The van der Waals surface area contributed by atoms with E-state index in [1.165, 1.54) is 48.0 Å². The van der Waals surface area contributed by atoms with E-state index in [-0.39, 0.29) is 23.8 Å². The molecule has 2 aliphatic rings. The Morgan fingerprint density at radius 2 is 1.91 bits per heavy atom. The number of hydrogen-bond acceptors (Lipinski definition) is 9. The number of carbonyl (C=O) groups is 3. The summed E-state index contributed by atoms with van der Waals surface area (Å²) < 4.78 is 10.7. The molecule has 0 bridgehead atoms. The summed E-state index contributed by atoms with van der Waals surface area (Å²) in [7, 11) is 1.39. The highest BCUT2D eigenvalue weighted by Gasteiger charge is 2.55. The molecule has 3 atom stereocenters. The molecule has 11 nitrogen and oxygen atoms in total. The number of fused-ring (bicyclic) bond motifs is 1. The first kappa shape index (κ1) is 24.2. The van der Waals surface area contributed by atoms with Crippen molar-refractivity contribution in [1.29, 1.82) is 0 Å². The Morgan fingerprint density at radius 3 is 2.54 bits per heavy atom. The predicted molar refractivity (Wildman–Crippen MR) is 125 cm³/mol. The van der Waals surface area contributed by atoms with Crippen LogP contribution in [-0.4, -0.2) is 51.9 Å². The molecule has 2 aromatic rings. The molecule has 1 saturated heterocycles. The van der Waals surface area contributed by atoms with Gasteiger partial charge in [0.05, 0.1) is 17.8 Å². The number of nitrogens with one attached hydrogen (secondary N) is 1. The zero-order valence-electron chi connectivity index (χ0n) is 18.6. The third-order valence-corrected chi connectivity index (χ3v) is 6.88. The van der Waals surface area contributed by atoms with Gasteiger partial charge in [0.15, 0.2) is 5.70 Å². The number of ether oxygens (including phenoxy) is 2. The largest absolute Gasteiger partial charge is 0.498 e. The Labute approximate surface area is 204 Å². The number of benzene rings is 2. The summed E-state index contributed by atoms with van der Waals surface area (Å²) in [6.07, 6.45) is 0. The molecule has 0 spiro atoms. The lowest BCUT2D eigenvalue weighted by molar-refractivity contribution is -0.384. The van der Waals surface area contributed by atoms with E-state index in [1.54, 1.807) is 24.3 Å². The Hall–Kier alpha value is -3.90. The third kappa shape index (κ3) is 4.84. The van der Waals surface area contributed by atoms with Gasteiger partial charge in [0.2, 0.25) is 5.91 Å². The van der Waals surface area contributed by atoms with Gasteiger partial charge in [-0.05, 0) is 23.3 Å². The number of nitrogens with two attached hydrogens (primary N) is 1. The minimum absolute atomic E-state index is 0.0268. The van der Waals surface area contributed by atoms with Crippen molar-refractivity contribution in [2.45, 2.75) is 24.1 Å². The fourth-order valence-corrected chi connectivity index (χ4v) is 5.03. The van der Waals surface area contributed by atoms with Crippen molar-refractivity contribution >= 4 is 35.2 Å². The van der Waals surface area contributed by atoms with Crippen LogP contribution >= 0.6 is 11.8 Å². The zero-order valence-corrected chi connectivity index (χ0v) is 19.4. The van der Waals surface area contributed by atoms with Crippen LogP contribution in [0.1, 0.15) is 17.2 Å². The molecule has 4 rings (SSSR count). The van der Waals surface area contributed by atoms with Gasteiger partial charge in [0, 0.05) is 12.1 Å². The summed E-state index contributed by atoms with van der Waals surface area (Å²) >= 11 is 1.34. The number of β-lactam (4-membered cyclic amide) rings is 1. The van der Waals surface area contributed by atoms with E-state index in [4.69, 9.17) is 15.2 Å². The van der Waals surface area contributed by atoms with Crippen molar-refractivity contribution in [3.8, 4) is 0 Å². The number of nitrogens with zero attached hydrogens (tertiary/aromatic N) is 2. The molecule has 2 heterocycles. The van der Waals surface area contributed by atoms with E-state index in [2.05, 4.69) is 5.32 Å². The number of rotatable bonds is 8. The van der Waals surface area contributed by atoms with Crippen molar-refractivity contribution in [1.82, 2.24) is 10.2 Å². The molecule has 182 valence electrons. The van der Waals surface area contributed by atoms with Gasteiger partial charge in [-0.1, -0.05) is 30.3 Å². The van der Waals surface area contributed by atoms with Crippen molar-refractivity contribution in [3.63, 3.8) is 0 Å². The Morgan fingerprint density at radius 1 is 1.23 bits per heavy atom. The van der Waals surface area contributed by atoms with Gasteiger partial charge >= 0.3 is 5.97 Å². The van der Waals surface area contributed by atoms with E-state index in [0.29, 0.717) is 16.9 Å². The molecule has 2 aliphatic heterocycles. The Bertz CT molecular complexity index is 1190. The van der Waals surface area contributed by atoms with Crippen LogP contribution in [0.25, 0.3) is 0 Å². The number of amides is 2. The molecule has 2 aromatic carbocycles. The van der Waals surface area contributed by atoms with Crippen LogP contribution in [0.4, 0.5) is 5.69 Å². The predicted octanol–water partition coefficient (Wildman–Crippen LogP) is 1.60. The lowest BCUT2D eigenvalue weighted by atomic mass is 10.0. The molecule has 1 fully saturated rings. The van der Waals surface area contributed by atoms with Gasteiger partial charge in [0.1, 0.15) is 29.8 Å². The summed E-state index contributed by atoms with van der Waals surface area (Å²) in [4.78, 5) is 50.0. The van der Waals surface area contributed by atoms with Gasteiger partial charge in [0.25, 0.3) is 11.6 Å². The minimum Gasteiger partial charge on any atom is -0.498 e. The first-order chi connectivity index (χ1) is 16.8. The van der Waals surface area contributed by atoms with Crippen LogP contribution in [0.2, 0.25) is 0 Å². The maximum absolute atomic E-state index is 12.9. The first-order valence-electron chi connectivity index (χ1n) is 10.5. The second-order valence-electron chi connectivity index (χ2n) is 7.76. The summed E-state index contributed by atoms with van der Waals surface area (Å²) in [5, 5.41) is 13.0. The average molecular weight is 499 g/mol. The molecule has 0 saturated carbocycles. The van der Waals surface area contributed by atoms with Crippen molar-refractivity contribution < 1.29 is 28.8 Å². The Balaban J connectivity index is 1.43. The van der Waals surface area contributed by atoms with Crippen LogP contribution in [0.15, 0.2) is 66.1 Å². The summed E-state index contributed by atoms with van der Waals surface area (Å²) in [6.45, 7) is -0.150. The second kappa shape index (κ2) is 10.2. The number of nitro groups is 1. The van der Waals surface area contributed by atoms with Crippen LogP contribution < -0.4 is 11.1 Å². The van der Waals surface area contributed by atoms with Crippen LogP contribution in [-0.2, 0) is 30.5 Å². The minimum atomic E-state index is -0.942. The maximum Gasteiger partial charge on any atom is 0.358 e. The molecule has 3 N–H and O–H groups in total. The molecule has 35 heavy (non-hydrogen) atoms. The fourth-order valence-electron chi connectivity index (χ4n) is 3.72. The Kier molecular flexibility index (Phi) is 7.03. The first-order valence-corrected chi connectivity index (χ1v) is 11.6. The van der Waals surface area contributed by atoms with E-state index >= 15 is 0 Å². The van der Waals surface area contributed by atoms with E-state index in [0.717, 1.165) is 0 Å².